The number of rotatable bonds is 3. The zero-order valence-corrected chi connectivity index (χ0v) is 8.19. The Morgan fingerprint density at radius 1 is 0.800 bits per heavy atom. The van der Waals surface area contributed by atoms with E-state index in [2.05, 4.69) is 0 Å². The lowest BCUT2D eigenvalue weighted by molar-refractivity contribution is 0.475. The average Bonchev–Trinajstić information content (AvgIpc) is 2.31. The molecule has 0 aliphatic rings. The van der Waals surface area contributed by atoms with Crippen molar-refractivity contribution >= 4 is 0 Å². The van der Waals surface area contributed by atoms with Crippen molar-refractivity contribution in [2.24, 2.45) is 0 Å². The van der Waals surface area contributed by atoms with Crippen LogP contribution in [-0.2, 0) is 6.67 Å². The number of hydrogen-bond acceptors (Lipinski definition) is 1. The molecule has 76 valence electrons. The Bertz CT molecular complexity index is 408. The molecule has 2 heteroatoms. The van der Waals surface area contributed by atoms with Gasteiger partial charge in [0.2, 0.25) is 0 Å². The predicted molar refractivity (Wildman–Crippen MR) is 57.8 cm³/mol. The molecule has 0 saturated heterocycles. The Balaban J connectivity index is 2.11. The first-order chi connectivity index (χ1) is 7.38. The summed E-state index contributed by atoms with van der Waals surface area (Å²) in [5.41, 5.74) is 0.662. The molecular weight excluding hydrogens is 191 g/mol. The second-order valence-corrected chi connectivity index (χ2v) is 3.19. The second-order valence-electron chi connectivity index (χ2n) is 3.19. The lowest BCUT2D eigenvalue weighted by atomic mass is 10.2. The maximum absolute atomic E-state index is 12.2. The lowest BCUT2D eigenvalue weighted by Gasteiger charge is -2.05. The normalized spacial score (nSPS) is 9.93. The van der Waals surface area contributed by atoms with Gasteiger partial charge in [-0.15, -0.1) is 0 Å². The van der Waals surface area contributed by atoms with E-state index in [0.717, 1.165) is 11.5 Å². The molecule has 0 unspecified atom stereocenters. The molecule has 0 saturated carbocycles. The fourth-order valence-electron chi connectivity index (χ4n) is 1.27. The maximum Gasteiger partial charge on any atom is 0.127 e. The Morgan fingerprint density at radius 3 is 2.00 bits per heavy atom. The van der Waals surface area contributed by atoms with Crippen LogP contribution in [-0.4, -0.2) is 0 Å². The summed E-state index contributed by atoms with van der Waals surface area (Å²) in [6.07, 6.45) is 0. The molecule has 0 heterocycles. The van der Waals surface area contributed by atoms with Crippen LogP contribution in [0.4, 0.5) is 4.39 Å². The van der Waals surface area contributed by atoms with Gasteiger partial charge in [-0.3, -0.25) is 0 Å². The molecule has 0 N–H and O–H groups in total. The summed E-state index contributed by atoms with van der Waals surface area (Å²) < 4.78 is 17.8. The summed E-state index contributed by atoms with van der Waals surface area (Å²) in [5, 5.41) is 0. The van der Waals surface area contributed by atoms with Crippen LogP contribution in [0.25, 0.3) is 0 Å². The van der Waals surface area contributed by atoms with Gasteiger partial charge in [0, 0.05) is 0 Å². The van der Waals surface area contributed by atoms with Crippen LogP contribution in [0.1, 0.15) is 5.56 Å². The first-order valence-electron chi connectivity index (χ1n) is 4.76. The topological polar surface area (TPSA) is 9.23 Å². The first-order valence-corrected chi connectivity index (χ1v) is 4.76. The van der Waals surface area contributed by atoms with Gasteiger partial charge >= 0.3 is 0 Å². The SMILES string of the molecule is FCc1ccc(Oc2ccccc2)cc1. The Hall–Kier alpha value is -1.83. The molecule has 0 aliphatic carbocycles. The largest absolute Gasteiger partial charge is 0.457 e. The molecule has 0 fully saturated rings. The number of hydrogen-bond donors (Lipinski definition) is 0. The van der Waals surface area contributed by atoms with Crippen molar-refractivity contribution in [2.75, 3.05) is 0 Å². The third-order valence-electron chi connectivity index (χ3n) is 2.06. The van der Waals surface area contributed by atoms with Crippen LogP contribution in [0, 0.1) is 0 Å². The Kier molecular flexibility index (Phi) is 2.98. The third-order valence-corrected chi connectivity index (χ3v) is 2.06. The van der Waals surface area contributed by atoms with Crippen molar-refractivity contribution in [1.29, 1.82) is 0 Å². The second kappa shape index (κ2) is 4.60. The van der Waals surface area contributed by atoms with E-state index < -0.39 is 6.67 Å². The predicted octanol–water partition coefficient (Wildman–Crippen LogP) is 3.95. The summed E-state index contributed by atoms with van der Waals surface area (Å²) in [4.78, 5) is 0. The van der Waals surface area contributed by atoms with E-state index in [9.17, 15) is 4.39 Å². The lowest BCUT2D eigenvalue weighted by Crippen LogP contribution is -1.84. The summed E-state index contributed by atoms with van der Waals surface area (Å²) in [6.45, 7) is -0.439. The van der Waals surface area contributed by atoms with Crippen LogP contribution in [0.5, 0.6) is 11.5 Å². The molecule has 2 aromatic rings. The molecule has 2 rings (SSSR count). The minimum absolute atomic E-state index is 0.439. The zero-order valence-electron chi connectivity index (χ0n) is 8.19. The fraction of sp³-hybridized carbons (Fsp3) is 0.0769. The number of para-hydroxylation sites is 1. The van der Waals surface area contributed by atoms with E-state index in [1.807, 2.05) is 30.3 Å². The highest BCUT2D eigenvalue weighted by molar-refractivity contribution is 5.32. The maximum atomic E-state index is 12.2. The highest BCUT2D eigenvalue weighted by Gasteiger charge is 1.96. The van der Waals surface area contributed by atoms with Crippen molar-refractivity contribution in [3.05, 3.63) is 60.2 Å². The van der Waals surface area contributed by atoms with E-state index in [1.54, 1.807) is 24.3 Å². The smallest absolute Gasteiger partial charge is 0.127 e. The van der Waals surface area contributed by atoms with Gasteiger partial charge in [0.25, 0.3) is 0 Å². The molecule has 15 heavy (non-hydrogen) atoms. The van der Waals surface area contributed by atoms with Gasteiger partial charge in [-0.25, -0.2) is 4.39 Å². The summed E-state index contributed by atoms with van der Waals surface area (Å²) in [7, 11) is 0. The zero-order chi connectivity index (χ0) is 10.5. The highest BCUT2D eigenvalue weighted by Crippen LogP contribution is 2.21. The quantitative estimate of drug-likeness (QED) is 0.732. The van der Waals surface area contributed by atoms with Gasteiger partial charge in [-0.1, -0.05) is 30.3 Å². The molecule has 1 nitrogen and oxygen atoms in total. The average molecular weight is 202 g/mol. The Morgan fingerprint density at radius 2 is 1.40 bits per heavy atom. The van der Waals surface area contributed by atoms with E-state index in [-0.39, 0.29) is 0 Å². The van der Waals surface area contributed by atoms with Crippen LogP contribution in [0.2, 0.25) is 0 Å². The van der Waals surface area contributed by atoms with Crippen molar-refractivity contribution in [3.8, 4) is 11.5 Å². The monoisotopic (exact) mass is 202 g/mol. The fourth-order valence-corrected chi connectivity index (χ4v) is 1.27. The van der Waals surface area contributed by atoms with Gasteiger partial charge < -0.3 is 4.74 Å². The molecule has 0 amide bonds. The standard InChI is InChI=1S/C13H11FO/c14-10-11-6-8-13(9-7-11)15-12-4-2-1-3-5-12/h1-9H,10H2. The number of ether oxygens (including phenoxy) is 1. The van der Waals surface area contributed by atoms with E-state index in [0.29, 0.717) is 5.56 Å². The minimum atomic E-state index is -0.439. The number of alkyl halides is 1. The van der Waals surface area contributed by atoms with Crippen molar-refractivity contribution < 1.29 is 9.13 Å². The molecular formula is C13H11FO. The van der Waals surface area contributed by atoms with Crippen molar-refractivity contribution in [1.82, 2.24) is 0 Å². The summed E-state index contributed by atoms with van der Waals surface area (Å²) in [6, 6.07) is 16.5. The van der Waals surface area contributed by atoms with Crippen LogP contribution >= 0.6 is 0 Å². The molecule has 0 spiro atoms. The van der Waals surface area contributed by atoms with Gasteiger partial charge in [-0.2, -0.15) is 0 Å². The molecule has 0 aliphatic heterocycles. The first kappa shape index (κ1) is 9.71. The highest BCUT2D eigenvalue weighted by atomic mass is 19.1. The van der Waals surface area contributed by atoms with Gasteiger partial charge in [0.1, 0.15) is 18.2 Å². The van der Waals surface area contributed by atoms with Crippen molar-refractivity contribution in [3.63, 3.8) is 0 Å². The molecule has 0 aromatic heterocycles. The number of halogens is 1. The van der Waals surface area contributed by atoms with E-state index >= 15 is 0 Å². The Labute approximate surface area is 88.1 Å². The van der Waals surface area contributed by atoms with Gasteiger partial charge in [0.05, 0.1) is 0 Å². The third kappa shape index (κ3) is 2.56. The van der Waals surface area contributed by atoms with Gasteiger partial charge in [0.15, 0.2) is 0 Å². The van der Waals surface area contributed by atoms with Crippen molar-refractivity contribution in [2.45, 2.75) is 6.67 Å². The molecule has 2 aromatic carbocycles. The molecule has 0 radical (unpaired) electrons. The van der Waals surface area contributed by atoms with E-state index in [4.69, 9.17) is 4.74 Å². The minimum Gasteiger partial charge on any atom is -0.457 e. The van der Waals surface area contributed by atoms with Gasteiger partial charge in [-0.05, 0) is 29.8 Å². The van der Waals surface area contributed by atoms with Crippen LogP contribution in [0.15, 0.2) is 54.6 Å². The molecule has 0 bridgehead atoms. The summed E-state index contributed by atoms with van der Waals surface area (Å²) in [5.74, 6) is 1.50. The van der Waals surface area contributed by atoms with E-state index in [1.165, 1.54) is 0 Å². The van der Waals surface area contributed by atoms with Crippen LogP contribution < -0.4 is 4.74 Å². The van der Waals surface area contributed by atoms with Crippen LogP contribution in [0.3, 0.4) is 0 Å². The molecule has 0 atom stereocenters. The number of benzene rings is 2. The summed E-state index contributed by atoms with van der Waals surface area (Å²) >= 11 is 0.